The first-order chi connectivity index (χ1) is 9.54. The maximum atomic E-state index is 11.7. The van der Waals surface area contributed by atoms with Crippen molar-refractivity contribution in [3.05, 3.63) is 42.1 Å². The number of hydrogen-bond acceptors (Lipinski definition) is 4. The van der Waals surface area contributed by atoms with E-state index in [1.165, 1.54) is 6.92 Å². The molecule has 1 aromatic heterocycles. The van der Waals surface area contributed by atoms with Crippen LogP contribution in [0, 0.1) is 11.3 Å². The van der Waals surface area contributed by atoms with Crippen molar-refractivity contribution in [1.29, 1.82) is 5.26 Å². The van der Waals surface area contributed by atoms with Crippen LogP contribution in [0.15, 0.2) is 36.5 Å². The summed E-state index contributed by atoms with van der Waals surface area (Å²) in [5.41, 5.74) is 1.86. The molecule has 5 nitrogen and oxygen atoms in total. The summed E-state index contributed by atoms with van der Waals surface area (Å²) in [5.74, 6) is 0. The molecule has 1 N–H and O–H groups in total. The van der Waals surface area contributed by atoms with Crippen molar-refractivity contribution in [1.82, 2.24) is 9.71 Å². The fraction of sp³-hybridized carbons (Fsp3) is 0.286. The van der Waals surface area contributed by atoms with E-state index in [-0.39, 0.29) is 6.54 Å². The van der Waals surface area contributed by atoms with E-state index in [0.29, 0.717) is 6.42 Å². The van der Waals surface area contributed by atoms with E-state index < -0.39 is 15.3 Å². The second-order valence-corrected chi connectivity index (χ2v) is 6.54. The molecule has 1 heterocycles. The molecule has 1 aromatic carbocycles. The van der Waals surface area contributed by atoms with Gasteiger partial charge >= 0.3 is 0 Å². The molecule has 0 aliphatic carbocycles. The zero-order chi connectivity index (χ0) is 14.6. The molecule has 0 bridgehead atoms. The van der Waals surface area contributed by atoms with Gasteiger partial charge in [0.2, 0.25) is 10.0 Å². The molecule has 6 heteroatoms. The molecule has 0 saturated heterocycles. The van der Waals surface area contributed by atoms with Crippen LogP contribution in [-0.2, 0) is 16.4 Å². The second-order valence-electron chi connectivity index (χ2n) is 4.45. The number of rotatable bonds is 5. The van der Waals surface area contributed by atoms with Crippen LogP contribution in [0.25, 0.3) is 10.9 Å². The molecule has 2 aromatic rings. The van der Waals surface area contributed by atoms with E-state index in [2.05, 4.69) is 9.71 Å². The smallest absolute Gasteiger partial charge is 0.227 e. The summed E-state index contributed by atoms with van der Waals surface area (Å²) >= 11 is 0. The van der Waals surface area contributed by atoms with Crippen LogP contribution >= 0.6 is 0 Å². The summed E-state index contributed by atoms with van der Waals surface area (Å²) in [5, 5.41) is 8.63. The van der Waals surface area contributed by atoms with Crippen molar-refractivity contribution in [2.24, 2.45) is 0 Å². The summed E-state index contributed by atoms with van der Waals surface area (Å²) < 4.78 is 25.8. The summed E-state index contributed by atoms with van der Waals surface area (Å²) in [6.45, 7) is 1.62. The lowest BCUT2D eigenvalue weighted by atomic mass is 10.1. The third-order valence-corrected chi connectivity index (χ3v) is 4.70. The topological polar surface area (TPSA) is 82.8 Å². The minimum Gasteiger partial charge on any atom is -0.256 e. The standard InChI is InChI=1S/C14H15N3O2S/c1-11(10-15)20(18,19)17-9-7-13-5-2-4-12-6-3-8-16-14(12)13/h2-6,8,11,17H,7,9H2,1H3. The van der Waals surface area contributed by atoms with Crippen LogP contribution in [0.5, 0.6) is 0 Å². The Morgan fingerprint density at radius 3 is 2.85 bits per heavy atom. The summed E-state index contributed by atoms with van der Waals surface area (Å²) in [7, 11) is -3.57. The van der Waals surface area contributed by atoms with Gasteiger partial charge in [-0.1, -0.05) is 24.3 Å². The Balaban J connectivity index is 2.10. The van der Waals surface area contributed by atoms with E-state index in [0.717, 1.165) is 16.5 Å². The third-order valence-electron chi connectivity index (χ3n) is 3.06. The van der Waals surface area contributed by atoms with Gasteiger partial charge in [0.1, 0.15) is 0 Å². The monoisotopic (exact) mass is 289 g/mol. The maximum absolute atomic E-state index is 11.7. The molecule has 0 aliphatic rings. The molecule has 0 fully saturated rings. The molecule has 104 valence electrons. The average molecular weight is 289 g/mol. The van der Waals surface area contributed by atoms with Crippen molar-refractivity contribution >= 4 is 20.9 Å². The molecule has 0 amide bonds. The highest BCUT2D eigenvalue weighted by atomic mass is 32.2. The first kappa shape index (κ1) is 14.4. The third kappa shape index (κ3) is 3.13. The Labute approximate surface area is 118 Å². The number of para-hydroxylation sites is 1. The fourth-order valence-corrected chi connectivity index (χ4v) is 2.67. The number of nitrogens with one attached hydrogen (secondary N) is 1. The number of aromatic nitrogens is 1. The Hall–Kier alpha value is -1.97. The van der Waals surface area contributed by atoms with E-state index in [1.54, 1.807) is 12.3 Å². The van der Waals surface area contributed by atoms with E-state index in [9.17, 15) is 8.42 Å². The van der Waals surface area contributed by atoms with Gasteiger partial charge in [-0.2, -0.15) is 5.26 Å². The highest BCUT2D eigenvalue weighted by Gasteiger charge is 2.19. The Morgan fingerprint density at radius 2 is 2.10 bits per heavy atom. The SMILES string of the molecule is CC(C#N)S(=O)(=O)NCCc1cccc2cccnc12. The lowest BCUT2D eigenvalue weighted by molar-refractivity contribution is 0.577. The van der Waals surface area contributed by atoms with Gasteiger partial charge in [0.05, 0.1) is 11.6 Å². The number of nitriles is 1. The van der Waals surface area contributed by atoms with Crippen molar-refractivity contribution < 1.29 is 8.42 Å². The Kier molecular flexibility index (Phi) is 4.32. The lowest BCUT2D eigenvalue weighted by Crippen LogP contribution is -2.33. The van der Waals surface area contributed by atoms with Gasteiger partial charge in [0, 0.05) is 18.1 Å². The largest absolute Gasteiger partial charge is 0.256 e. The van der Waals surface area contributed by atoms with Gasteiger partial charge < -0.3 is 0 Å². The number of pyridine rings is 1. The summed E-state index contributed by atoms with van der Waals surface area (Å²) in [4.78, 5) is 4.32. The molecular formula is C14H15N3O2S. The predicted octanol–water partition coefficient (Wildman–Crippen LogP) is 1.61. The summed E-state index contributed by atoms with van der Waals surface area (Å²) in [6, 6.07) is 11.4. The molecule has 1 unspecified atom stereocenters. The number of nitrogens with zero attached hydrogens (tertiary/aromatic N) is 2. The van der Waals surface area contributed by atoms with Crippen LogP contribution in [0.4, 0.5) is 0 Å². The normalized spacial score (nSPS) is 13.0. The van der Waals surface area contributed by atoms with Crippen LogP contribution in [0.2, 0.25) is 0 Å². The number of fused-ring (bicyclic) bond motifs is 1. The van der Waals surface area contributed by atoms with Crippen molar-refractivity contribution in [2.45, 2.75) is 18.6 Å². The van der Waals surface area contributed by atoms with Gasteiger partial charge in [-0.05, 0) is 25.0 Å². The Bertz CT molecular complexity index is 745. The van der Waals surface area contributed by atoms with Crippen molar-refractivity contribution in [2.75, 3.05) is 6.54 Å². The fourth-order valence-electron chi connectivity index (χ4n) is 1.89. The zero-order valence-corrected chi connectivity index (χ0v) is 11.9. The van der Waals surface area contributed by atoms with Gasteiger partial charge in [-0.15, -0.1) is 0 Å². The van der Waals surface area contributed by atoms with E-state index in [4.69, 9.17) is 5.26 Å². The van der Waals surface area contributed by atoms with Crippen LogP contribution in [0.3, 0.4) is 0 Å². The number of hydrogen-bond donors (Lipinski definition) is 1. The molecule has 2 rings (SSSR count). The highest BCUT2D eigenvalue weighted by molar-refractivity contribution is 7.90. The number of sulfonamides is 1. The first-order valence-corrected chi connectivity index (χ1v) is 7.80. The Morgan fingerprint density at radius 1 is 1.35 bits per heavy atom. The van der Waals surface area contributed by atoms with Crippen LogP contribution in [0.1, 0.15) is 12.5 Å². The van der Waals surface area contributed by atoms with Crippen molar-refractivity contribution in [3.63, 3.8) is 0 Å². The lowest BCUT2D eigenvalue weighted by Gasteiger charge is -2.09. The molecule has 0 aliphatic heterocycles. The van der Waals surface area contributed by atoms with Gasteiger partial charge in [-0.3, -0.25) is 4.98 Å². The minimum atomic E-state index is -3.57. The zero-order valence-electron chi connectivity index (χ0n) is 11.1. The first-order valence-electron chi connectivity index (χ1n) is 6.25. The molecular weight excluding hydrogens is 274 g/mol. The highest BCUT2D eigenvalue weighted by Crippen LogP contribution is 2.16. The number of benzene rings is 1. The van der Waals surface area contributed by atoms with Gasteiger partial charge in [-0.25, -0.2) is 13.1 Å². The molecule has 0 saturated carbocycles. The van der Waals surface area contributed by atoms with Gasteiger partial charge in [0.15, 0.2) is 5.25 Å². The van der Waals surface area contributed by atoms with E-state index >= 15 is 0 Å². The average Bonchev–Trinajstić information content (AvgIpc) is 2.46. The molecule has 0 spiro atoms. The summed E-state index contributed by atoms with van der Waals surface area (Å²) in [6.07, 6.45) is 2.25. The van der Waals surface area contributed by atoms with Gasteiger partial charge in [0.25, 0.3) is 0 Å². The molecule has 20 heavy (non-hydrogen) atoms. The second kappa shape index (κ2) is 5.99. The van der Waals surface area contributed by atoms with Crippen molar-refractivity contribution in [3.8, 4) is 6.07 Å². The molecule has 0 radical (unpaired) electrons. The predicted molar refractivity (Wildman–Crippen MR) is 77.4 cm³/mol. The minimum absolute atomic E-state index is 0.254. The maximum Gasteiger partial charge on any atom is 0.227 e. The molecule has 1 atom stereocenters. The van der Waals surface area contributed by atoms with E-state index in [1.807, 2.05) is 30.3 Å². The van der Waals surface area contributed by atoms with Crippen LogP contribution < -0.4 is 4.72 Å². The van der Waals surface area contributed by atoms with Crippen LogP contribution in [-0.4, -0.2) is 25.2 Å². The quantitative estimate of drug-likeness (QED) is 0.906.